The largest absolute Gasteiger partial charge is 0.508 e. The number of aliphatic hydroxyl groups excluding tert-OH is 1. The molecule has 3 aromatic rings. The second kappa shape index (κ2) is 7.92. The van der Waals surface area contributed by atoms with E-state index >= 15 is 0 Å². The van der Waals surface area contributed by atoms with Gasteiger partial charge in [0.05, 0.1) is 5.39 Å². The highest BCUT2D eigenvalue weighted by Crippen LogP contribution is 2.30. The van der Waals surface area contributed by atoms with Crippen molar-refractivity contribution in [3.05, 3.63) is 52.7 Å². The van der Waals surface area contributed by atoms with Gasteiger partial charge in [-0.15, -0.1) is 0 Å². The summed E-state index contributed by atoms with van der Waals surface area (Å²) in [5.41, 5.74) is 6.29. The maximum absolute atomic E-state index is 12.4. The molecule has 0 aliphatic heterocycles. The smallest absolute Gasteiger partial charge is 0.193 e. The summed E-state index contributed by atoms with van der Waals surface area (Å²) in [4.78, 5) is 12.4. The Kier molecular flexibility index (Phi) is 5.58. The van der Waals surface area contributed by atoms with Gasteiger partial charge in [-0.2, -0.15) is 0 Å². The molecule has 1 heterocycles. The number of phenols is 2. The molecule has 0 spiro atoms. The lowest BCUT2D eigenvalue weighted by molar-refractivity contribution is 0.0715. The number of ether oxygens (including phenoxy) is 1. The molecule has 7 heteroatoms. The summed E-state index contributed by atoms with van der Waals surface area (Å²) in [7, 11) is 0. The zero-order chi connectivity index (χ0) is 20.4. The fraction of sp³-hybridized carbons (Fsp3) is 0.286. The van der Waals surface area contributed by atoms with E-state index in [9.17, 15) is 20.1 Å². The van der Waals surface area contributed by atoms with Gasteiger partial charge in [0.2, 0.25) is 0 Å². The second-order valence-electron chi connectivity index (χ2n) is 7.07. The summed E-state index contributed by atoms with van der Waals surface area (Å²) in [6.07, 6.45) is -0.829. The van der Waals surface area contributed by atoms with Gasteiger partial charge in [0.1, 0.15) is 41.3 Å². The van der Waals surface area contributed by atoms with Crippen molar-refractivity contribution < 1.29 is 24.5 Å². The van der Waals surface area contributed by atoms with Crippen LogP contribution in [-0.4, -0.2) is 34.1 Å². The van der Waals surface area contributed by atoms with Crippen LogP contribution in [0.4, 0.5) is 0 Å². The minimum absolute atomic E-state index is 0.00913. The van der Waals surface area contributed by atoms with Crippen LogP contribution in [0.1, 0.15) is 13.8 Å². The maximum Gasteiger partial charge on any atom is 0.193 e. The van der Waals surface area contributed by atoms with Gasteiger partial charge in [0.15, 0.2) is 5.43 Å². The minimum atomic E-state index is -0.829. The average molecular weight is 385 g/mol. The molecule has 0 saturated carbocycles. The van der Waals surface area contributed by atoms with Gasteiger partial charge in [0, 0.05) is 29.8 Å². The molecule has 2 aromatic carbocycles. The number of phenolic OH excluding ortho intramolecular Hbond substituents is 2. The number of aliphatic hydroxyl groups is 1. The molecule has 0 amide bonds. The van der Waals surface area contributed by atoms with Crippen molar-refractivity contribution in [3.8, 4) is 28.6 Å². The molecule has 1 aromatic heterocycles. The monoisotopic (exact) mass is 385 g/mol. The van der Waals surface area contributed by atoms with Crippen molar-refractivity contribution in [1.29, 1.82) is 0 Å². The van der Waals surface area contributed by atoms with E-state index in [0.29, 0.717) is 16.7 Å². The fourth-order valence-corrected chi connectivity index (χ4v) is 2.84. The van der Waals surface area contributed by atoms with E-state index in [2.05, 4.69) is 0 Å². The van der Waals surface area contributed by atoms with Crippen molar-refractivity contribution >= 4 is 11.0 Å². The molecule has 0 saturated heterocycles. The zero-order valence-electron chi connectivity index (χ0n) is 15.6. The molecule has 0 fully saturated rings. The van der Waals surface area contributed by atoms with Crippen LogP contribution in [0.25, 0.3) is 22.3 Å². The quantitative estimate of drug-likeness (QED) is 0.514. The topological polar surface area (TPSA) is 126 Å². The number of hydrogen-bond donors (Lipinski definition) is 4. The van der Waals surface area contributed by atoms with Crippen LogP contribution < -0.4 is 15.9 Å². The van der Waals surface area contributed by atoms with Crippen LogP contribution >= 0.6 is 0 Å². The lowest BCUT2D eigenvalue weighted by Gasteiger charge is -2.22. The SMILES string of the molecule is CC(C)C(N)[C@H](O)COc1ccc2c(=O)cc(-c3cc(O)cc(O)c3)oc2c1. The van der Waals surface area contributed by atoms with Gasteiger partial charge in [-0.05, 0) is 30.2 Å². The van der Waals surface area contributed by atoms with Gasteiger partial charge in [-0.25, -0.2) is 0 Å². The lowest BCUT2D eigenvalue weighted by Crippen LogP contribution is -2.42. The highest BCUT2D eigenvalue weighted by atomic mass is 16.5. The average Bonchev–Trinajstić information content (AvgIpc) is 2.64. The van der Waals surface area contributed by atoms with Crippen molar-refractivity contribution in [2.75, 3.05) is 6.61 Å². The van der Waals surface area contributed by atoms with Crippen LogP contribution in [0.5, 0.6) is 17.2 Å². The number of hydrogen-bond acceptors (Lipinski definition) is 7. The van der Waals surface area contributed by atoms with Crippen LogP contribution in [0.2, 0.25) is 0 Å². The van der Waals surface area contributed by atoms with Gasteiger partial charge >= 0.3 is 0 Å². The summed E-state index contributed by atoms with van der Waals surface area (Å²) in [6.45, 7) is 3.84. The fourth-order valence-electron chi connectivity index (χ4n) is 2.84. The number of nitrogens with two attached hydrogens (primary N) is 1. The third kappa shape index (κ3) is 4.27. The first-order valence-corrected chi connectivity index (χ1v) is 8.92. The zero-order valence-corrected chi connectivity index (χ0v) is 15.6. The Labute approximate surface area is 161 Å². The molecule has 28 heavy (non-hydrogen) atoms. The summed E-state index contributed by atoms with van der Waals surface area (Å²) in [6, 6.07) is 9.58. The van der Waals surface area contributed by atoms with Gasteiger partial charge in [-0.1, -0.05) is 13.8 Å². The Morgan fingerprint density at radius 3 is 2.39 bits per heavy atom. The minimum Gasteiger partial charge on any atom is -0.508 e. The third-order valence-electron chi connectivity index (χ3n) is 4.52. The standard InChI is InChI=1S/C21H23NO6/c1-11(2)21(22)18(26)10-27-15-3-4-16-17(25)9-19(28-20(16)8-15)12-5-13(23)7-14(24)6-12/h3-9,11,18,21,23-24,26H,10,22H2,1-2H3/t18-,21?/m1/s1. The molecule has 0 aliphatic carbocycles. The third-order valence-corrected chi connectivity index (χ3v) is 4.52. The van der Waals surface area contributed by atoms with E-state index in [1.807, 2.05) is 13.8 Å². The molecule has 7 nitrogen and oxygen atoms in total. The Morgan fingerprint density at radius 2 is 1.75 bits per heavy atom. The van der Waals surface area contributed by atoms with Gasteiger partial charge in [-0.3, -0.25) is 4.79 Å². The number of benzene rings is 2. The predicted molar refractivity (Wildman–Crippen MR) is 106 cm³/mol. The molecule has 0 aliphatic rings. The molecular formula is C21H23NO6. The highest BCUT2D eigenvalue weighted by molar-refractivity contribution is 5.80. The van der Waals surface area contributed by atoms with Crippen LogP contribution in [0.3, 0.4) is 0 Å². The molecule has 0 radical (unpaired) electrons. The maximum atomic E-state index is 12.4. The first-order chi connectivity index (χ1) is 13.2. The van der Waals surface area contributed by atoms with E-state index < -0.39 is 12.1 Å². The number of fused-ring (bicyclic) bond motifs is 1. The molecule has 148 valence electrons. The summed E-state index contributed by atoms with van der Waals surface area (Å²) < 4.78 is 11.4. The Bertz CT molecular complexity index is 1020. The molecule has 0 bridgehead atoms. The van der Waals surface area contributed by atoms with Gasteiger partial charge in [0.25, 0.3) is 0 Å². The van der Waals surface area contributed by atoms with Crippen molar-refractivity contribution in [2.24, 2.45) is 11.7 Å². The van der Waals surface area contributed by atoms with Crippen molar-refractivity contribution in [1.82, 2.24) is 0 Å². The molecule has 5 N–H and O–H groups in total. The lowest BCUT2D eigenvalue weighted by atomic mass is 10.0. The molecule has 3 rings (SSSR count). The van der Waals surface area contributed by atoms with Crippen molar-refractivity contribution in [3.63, 3.8) is 0 Å². The Hall–Kier alpha value is -3.03. The predicted octanol–water partition coefficient (Wildman–Crippen LogP) is 2.59. The molecular weight excluding hydrogens is 362 g/mol. The molecule has 2 atom stereocenters. The highest BCUT2D eigenvalue weighted by Gasteiger charge is 2.19. The number of aromatic hydroxyl groups is 2. The first kappa shape index (κ1) is 19.7. The number of rotatable bonds is 6. The van der Waals surface area contributed by atoms with E-state index in [-0.39, 0.29) is 40.8 Å². The molecule has 1 unspecified atom stereocenters. The van der Waals surface area contributed by atoms with Crippen LogP contribution in [0.15, 0.2) is 51.7 Å². The summed E-state index contributed by atoms with van der Waals surface area (Å²) in [5, 5.41) is 29.7. The second-order valence-corrected chi connectivity index (χ2v) is 7.07. The summed E-state index contributed by atoms with van der Waals surface area (Å²) in [5.74, 6) is 0.425. The normalized spacial score (nSPS) is 13.6. The van der Waals surface area contributed by atoms with E-state index in [1.54, 1.807) is 18.2 Å². The van der Waals surface area contributed by atoms with Crippen LogP contribution in [0, 0.1) is 5.92 Å². The van der Waals surface area contributed by atoms with Crippen molar-refractivity contribution in [2.45, 2.75) is 26.0 Å². The Morgan fingerprint density at radius 1 is 1.07 bits per heavy atom. The van der Waals surface area contributed by atoms with E-state index in [1.165, 1.54) is 24.3 Å². The first-order valence-electron chi connectivity index (χ1n) is 8.92. The van der Waals surface area contributed by atoms with E-state index in [4.69, 9.17) is 14.9 Å². The Balaban J connectivity index is 1.91. The van der Waals surface area contributed by atoms with Gasteiger partial charge < -0.3 is 30.2 Å². The summed E-state index contributed by atoms with van der Waals surface area (Å²) >= 11 is 0. The van der Waals surface area contributed by atoms with E-state index in [0.717, 1.165) is 0 Å². The van der Waals surface area contributed by atoms with Crippen LogP contribution in [-0.2, 0) is 0 Å².